The van der Waals surface area contributed by atoms with Crippen molar-refractivity contribution in [1.29, 1.82) is 0 Å². The molecule has 7 nitrogen and oxygen atoms in total. The predicted molar refractivity (Wildman–Crippen MR) is 104 cm³/mol. The van der Waals surface area contributed by atoms with Gasteiger partial charge in [0.2, 0.25) is 5.43 Å². The molecule has 162 valence electrons. The summed E-state index contributed by atoms with van der Waals surface area (Å²) in [7, 11) is 1.28. The zero-order valence-electron chi connectivity index (χ0n) is 16.5. The lowest BCUT2D eigenvalue weighted by atomic mass is 9.92. The van der Waals surface area contributed by atoms with E-state index in [1.54, 1.807) is 11.8 Å². The van der Waals surface area contributed by atoms with Crippen molar-refractivity contribution in [3.8, 4) is 5.75 Å². The van der Waals surface area contributed by atoms with Crippen LogP contribution in [-0.4, -0.2) is 54.2 Å². The van der Waals surface area contributed by atoms with Gasteiger partial charge in [-0.1, -0.05) is 0 Å². The number of rotatable bonds is 5. The minimum absolute atomic E-state index is 0.00934. The van der Waals surface area contributed by atoms with Crippen LogP contribution in [0.3, 0.4) is 0 Å². The number of alkyl halides is 2. The van der Waals surface area contributed by atoms with Gasteiger partial charge in [-0.15, -0.1) is 0 Å². The number of halogens is 3. The lowest BCUT2D eigenvalue weighted by Crippen LogP contribution is -2.45. The fraction of sp³-hybridized carbons (Fsp3) is 0.500. The number of carboxylic acid groups (broad SMARTS) is 1. The van der Waals surface area contributed by atoms with Gasteiger partial charge in [-0.3, -0.25) is 9.18 Å². The standard InChI is InChI=1S/C20H22F3N3O4/c1-20(24)8-25(6-9(20)5-21)16-13(23)3-10-15(18(16)30-2)26(14-4-12(14)22)7-11(17(10)27)19(28)29/h3,7,9,12,14H,4-6,8,24H2,1-2H3,(H,28,29)/t9-,12-,14+,20+/m0/s1. The Balaban J connectivity index is 2.01. The maximum absolute atomic E-state index is 15.2. The first-order valence-electron chi connectivity index (χ1n) is 9.53. The van der Waals surface area contributed by atoms with E-state index in [0.29, 0.717) is 0 Å². The van der Waals surface area contributed by atoms with Gasteiger partial charge in [0.15, 0.2) is 11.6 Å². The van der Waals surface area contributed by atoms with E-state index in [9.17, 15) is 23.5 Å². The maximum atomic E-state index is 15.2. The first-order valence-corrected chi connectivity index (χ1v) is 9.53. The van der Waals surface area contributed by atoms with E-state index in [0.717, 1.165) is 12.3 Å². The smallest absolute Gasteiger partial charge is 0.341 e. The molecule has 0 spiro atoms. The van der Waals surface area contributed by atoms with Gasteiger partial charge in [0.05, 0.1) is 30.7 Å². The Bertz CT molecular complexity index is 1100. The normalized spacial score (nSPS) is 28.2. The molecule has 2 heterocycles. The molecule has 0 amide bonds. The number of anilines is 1. The summed E-state index contributed by atoms with van der Waals surface area (Å²) in [6.07, 6.45) is -0.00449. The number of hydrogen-bond acceptors (Lipinski definition) is 5. The Labute approximate surface area is 169 Å². The Morgan fingerprint density at radius 3 is 2.63 bits per heavy atom. The Hall–Kier alpha value is -2.75. The van der Waals surface area contributed by atoms with Crippen molar-refractivity contribution in [1.82, 2.24) is 4.57 Å². The number of carbonyl (C=O) groups is 1. The van der Waals surface area contributed by atoms with E-state index in [2.05, 4.69) is 0 Å². The molecule has 1 saturated carbocycles. The van der Waals surface area contributed by atoms with Crippen molar-refractivity contribution in [3.05, 3.63) is 33.9 Å². The van der Waals surface area contributed by atoms with Crippen LogP contribution in [0.4, 0.5) is 18.9 Å². The third-order valence-corrected chi connectivity index (χ3v) is 6.08. The molecule has 30 heavy (non-hydrogen) atoms. The molecule has 2 fully saturated rings. The van der Waals surface area contributed by atoms with Crippen molar-refractivity contribution in [2.45, 2.75) is 31.1 Å². The molecule has 1 aromatic carbocycles. The van der Waals surface area contributed by atoms with E-state index >= 15 is 4.39 Å². The molecule has 2 aliphatic rings. The van der Waals surface area contributed by atoms with E-state index in [1.807, 2.05) is 0 Å². The zero-order valence-corrected chi connectivity index (χ0v) is 16.5. The van der Waals surface area contributed by atoms with Crippen molar-refractivity contribution < 1.29 is 27.8 Å². The number of aromatic nitrogens is 1. The van der Waals surface area contributed by atoms with Gasteiger partial charge in [-0.2, -0.15) is 0 Å². The van der Waals surface area contributed by atoms with Crippen LogP contribution in [0, 0.1) is 11.7 Å². The van der Waals surface area contributed by atoms with Gasteiger partial charge in [-0.05, 0) is 13.0 Å². The molecule has 1 aromatic heterocycles. The fourth-order valence-electron chi connectivity index (χ4n) is 4.26. The average molecular weight is 425 g/mol. The second-order valence-corrected chi connectivity index (χ2v) is 8.28. The van der Waals surface area contributed by atoms with Crippen LogP contribution in [-0.2, 0) is 0 Å². The highest BCUT2D eigenvalue weighted by Gasteiger charge is 2.44. The molecule has 0 bridgehead atoms. The quantitative estimate of drug-likeness (QED) is 0.763. The number of nitrogens with two attached hydrogens (primary N) is 1. The molecule has 2 aromatic rings. The van der Waals surface area contributed by atoms with Crippen molar-refractivity contribution in [2.75, 3.05) is 31.8 Å². The van der Waals surface area contributed by atoms with Crippen LogP contribution in [0.25, 0.3) is 10.9 Å². The van der Waals surface area contributed by atoms with Crippen molar-refractivity contribution >= 4 is 22.6 Å². The molecule has 1 aliphatic carbocycles. The topological polar surface area (TPSA) is 97.8 Å². The largest absolute Gasteiger partial charge is 0.492 e. The lowest BCUT2D eigenvalue weighted by molar-refractivity contribution is 0.0694. The minimum atomic E-state index is -1.49. The summed E-state index contributed by atoms with van der Waals surface area (Å²) in [5.41, 5.74) is 3.91. The number of ether oxygens (including phenoxy) is 1. The third kappa shape index (κ3) is 3.01. The number of nitrogens with zero attached hydrogens (tertiary/aromatic N) is 2. The number of pyridine rings is 1. The van der Waals surface area contributed by atoms with Gasteiger partial charge in [0, 0.05) is 37.2 Å². The predicted octanol–water partition coefficient (Wildman–Crippen LogP) is 2.25. The van der Waals surface area contributed by atoms with E-state index in [-0.39, 0.29) is 41.9 Å². The molecule has 1 aliphatic heterocycles. The van der Waals surface area contributed by atoms with Gasteiger partial charge in [-0.25, -0.2) is 13.6 Å². The van der Waals surface area contributed by atoms with E-state index < -0.39 is 53.1 Å². The lowest BCUT2D eigenvalue weighted by Gasteiger charge is -2.26. The third-order valence-electron chi connectivity index (χ3n) is 6.08. The molecule has 3 N–H and O–H groups in total. The summed E-state index contributed by atoms with van der Waals surface area (Å²) in [4.78, 5) is 25.8. The minimum Gasteiger partial charge on any atom is -0.492 e. The van der Waals surface area contributed by atoms with Gasteiger partial charge < -0.3 is 25.0 Å². The number of methoxy groups -OCH3 is 1. The number of carboxylic acids is 1. The molecular formula is C20H22F3N3O4. The van der Waals surface area contributed by atoms with Crippen LogP contribution in [0.15, 0.2) is 17.1 Å². The molecular weight excluding hydrogens is 403 g/mol. The SMILES string of the molecule is COc1c(N2C[C@H](CF)[C@](C)(N)C2)c(F)cc2c(=O)c(C(=O)O)cn([C@@H]3C[C@@H]3F)c12. The summed E-state index contributed by atoms with van der Waals surface area (Å²) < 4.78 is 49.3. The highest BCUT2D eigenvalue weighted by atomic mass is 19.1. The second kappa shape index (κ2) is 6.90. The molecule has 0 unspecified atom stereocenters. The summed E-state index contributed by atoms with van der Waals surface area (Å²) in [5, 5.41) is 9.15. The monoisotopic (exact) mass is 425 g/mol. The Kier molecular flexibility index (Phi) is 4.72. The molecule has 1 saturated heterocycles. The molecule has 10 heteroatoms. The van der Waals surface area contributed by atoms with Crippen LogP contribution >= 0.6 is 0 Å². The first kappa shape index (κ1) is 20.5. The first-order chi connectivity index (χ1) is 14.1. The highest BCUT2D eigenvalue weighted by Crippen LogP contribution is 2.46. The number of aromatic carboxylic acids is 1. The van der Waals surface area contributed by atoms with Gasteiger partial charge in [0.1, 0.15) is 17.4 Å². The Morgan fingerprint density at radius 1 is 1.47 bits per heavy atom. The van der Waals surface area contributed by atoms with Crippen LogP contribution in [0.1, 0.15) is 29.7 Å². The molecule has 4 atom stereocenters. The van der Waals surface area contributed by atoms with Gasteiger partial charge >= 0.3 is 5.97 Å². The number of benzene rings is 1. The van der Waals surface area contributed by atoms with E-state index in [4.69, 9.17) is 10.5 Å². The summed E-state index contributed by atoms with van der Waals surface area (Å²) in [6, 6.07) is 0.250. The number of fused-ring (bicyclic) bond motifs is 1. The van der Waals surface area contributed by atoms with E-state index in [1.165, 1.54) is 11.7 Å². The number of hydrogen-bond donors (Lipinski definition) is 2. The average Bonchev–Trinajstić information content (AvgIpc) is 3.31. The summed E-state index contributed by atoms with van der Waals surface area (Å²) in [6.45, 7) is 1.27. The molecule has 0 radical (unpaired) electrons. The van der Waals surface area contributed by atoms with Crippen LogP contribution in [0.2, 0.25) is 0 Å². The van der Waals surface area contributed by atoms with Crippen molar-refractivity contribution in [2.24, 2.45) is 11.7 Å². The van der Waals surface area contributed by atoms with Gasteiger partial charge in [0.25, 0.3) is 0 Å². The second-order valence-electron chi connectivity index (χ2n) is 8.28. The van der Waals surface area contributed by atoms with Crippen LogP contribution < -0.4 is 20.8 Å². The van der Waals surface area contributed by atoms with Crippen LogP contribution in [0.5, 0.6) is 5.75 Å². The summed E-state index contributed by atoms with van der Waals surface area (Å²) >= 11 is 0. The Morgan fingerprint density at radius 2 is 2.13 bits per heavy atom. The highest BCUT2D eigenvalue weighted by molar-refractivity contribution is 5.97. The molecule has 4 rings (SSSR count). The maximum Gasteiger partial charge on any atom is 0.341 e. The van der Waals surface area contributed by atoms with Crippen molar-refractivity contribution in [3.63, 3.8) is 0 Å². The summed E-state index contributed by atoms with van der Waals surface area (Å²) in [5.74, 6) is -2.88. The zero-order chi connectivity index (χ0) is 22.0. The fourth-order valence-corrected chi connectivity index (χ4v) is 4.26.